The van der Waals surface area contributed by atoms with Crippen LogP contribution in [0.2, 0.25) is 0 Å². The van der Waals surface area contributed by atoms with Gasteiger partial charge in [0.1, 0.15) is 6.61 Å². The van der Waals surface area contributed by atoms with Crippen molar-refractivity contribution in [2.24, 2.45) is 5.92 Å². The lowest BCUT2D eigenvalue weighted by molar-refractivity contribution is -0.143. The van der Waals surface area contributed by atoms with E-state index in [9.17, 15) is 9.59 Å². The van der Waals surface area contributed by atoms with Gasteiger partial charge in [-0.25, -0.2) is 0 Å². The number of rotatable bonds is 4. The normalized spacial score (nSPS) is 27.3. The molecule has 29 heavy (non-hydrogen) atoms. The summed E-state index contributed by atoms with van der Waals surface area (Å²) in [6.45, 7) is 5.47. The zero-order valence-electron chi connectivity index (χ0n) is 17.1. The van der Waals surface area contributed by atoms with Gasteiger partial charge in [0.25, 0.3) is 5.91 Å². The maximum Gasteiger partial charge on any atom is 0.267 e. The number of amides is 2. The molecule has 2 aliphatic heterocycles. The molecule has 1 saturated carbocycles. The van der Waals surface area contributed by atoms with Crippen LogP contribution in [0.1, 0.15) is 32.6 Å². The van der Waals surface area contributed by atoms with E-state index in [0.29, 0.717) is 56.2 Å². The molecule has 158 valence electrons. The molecule has 1 N–H and O–H groups in total. The van der Waals surface area contributed by atoms with Gasteiger partial charge in [-0.05, 0) is 30.9 Å². The van der Waals surface area contributed by atoms with Crippen LogP contribution in [0.15, 0.2) is 24.3 Å². The van der Waals surface area contributed by atoms with Crippen LogP contribution in [0.25, 0.3) is 0 Å². The highest BCUT2D eigenvalue weighted by molar-refractivity contribution is 5.82. The summed E-state index contributed by atoms with van der Waals surface area (Å²) >= 11 is 0. The van der Waals surface area contributed by atoms with E-state index in [1.54, 1.807) is 0 Å². The Morgan fingerprint density at radius 3 is 2.55 bits per heavy atom. The van der Waals surface area contributed by atoms with Crippen LogP contribution in [0.4, 0.5) is 0 Å². The second-order valence-corrected chi connectivity index (χ2v) is 8.40. The Morgan fingerprint density at radius 2 is 1.79 bits per heavy atom. The molecule has 2 heterocycles. The van der Waals surface area contributed by atoms with Crippen LogP contribution in [0.3, 0.4) is 0 Å². The highest BCUT2D eigenvalue weighted by Gasteiger charge is 2.33. The molecule has 0 bridgehead atoms. The van der Waals surface area contributed by atoms with Gasteiger partial charge in [-0.3, -0.25) is 14.5 Å². The molecule has 0 spiro atoms. The zero-order valence-corrected chi connectivity index (χ0v) is 17.1. The van der Waals surface area contributed by atoms with Crippen molar-refractivity contribution in [1.29, 1.82) is 0 Å². The zero-order chi connectivity index (χ0) is 20.2. The van der Waals surface area contributed by atoms with Crippen LogP contribution in [-0.2, 0) is 9.59 Å². The highest BCUT2D eigenvalue weighted by Crippen LogP contribution is 2.31. The van der Waals surface area contributed by atoms with Crippen molar-refractivity contribution in [3.8, 4) is 11.5 Å². The second-order valence-electron chi connectivity index (χ2n) is 8.40. The van der Waals surface area contributed by atoms with Crippen LogP contribution < -0.4 is 14.8 Å². The number of piperazine rings is 1. The predicted octanol–water partition coefficient (Wildman–Crippen LogP) is 1.67. The van der Waals surface area contributed by atoms with Crippen LogP contribution in [0.5, 0.6) is 11.5 Å². The summed E-state index contributed by atoms with van der Waals surface area (Å²) in [4.78, 5) is 29.2. The third-order valence-corrected chi connectivity index (χ3v) is 6.29. The summed E-state index contributed by atoms with van der Waals surface area (Å²) in [6, 6.07) is 7.72. The maximum absolute atomic E-state index is 12.8. The van der Waals surface area contributed by atoms with Gasteiger partial charge in [-0.1, -0.05) is 31.9 Å². The first kappa shape index (κ1) is 20.0. The standard InChI is InChI=1S/C22H31N3O4/c1-16-6-2-3-7-17(16)23-21(26)14-24-10-12-25(13-11-24)22(27)20-15-28-18-8-4-5-9-19(18)29-20/h4-5,8-9,16-17,20H,2-3,6-7,10-15H2,1H3,(H,23,26)/t16-,17+,20-/m0/s1. The average Bonchev–Trinajstić information content (AvgIpc) is 2.75. The minimum absolute atomic E-state index is 0.0420. The Labute approximate surface area is 172 Å². The van der Waals surface area contributed by atoms with Crippen LogP contribution in [-0.4, -0.2) is 73.1 Å². The lowest BCUT2D eigenvalue weighted by Crippen LogP contribution is -2.55. The third kappa shape index (κ3) is 4.83. The van der Waals surface area contributed by atoms with E-state index in [2.05, 4.69) is 17.1 Å². The number of nitrogens with one attached hydrogen (secondary N) is 1. The van der Waals surface area contributed by atoms with Crippen molar-refractivity contribution >= 4 is 11.8 Å². The van der Waals surface area contributed by atoms with Crippen molar-refractivity contribution < 1.29 is 19.1 Å². The van der Waals surface area contributed by atoms with E-state index in [4.69, 9.17) is 9.47 Å². The van der Waals surface area contributed by atoms with Gasteiger partial charge >= 0.3 is 0 Å². The molecule has 3 atom stereocenters. The number of para-hydroxylation sites is 2. The molecule has 7 nitrogen and oxygen atoms in total. The Bertz CT molecular complexity index is 733. The van der Waals surface area contributed by atoms with E-state index in [0.717, 1.165) is 6.42 Å². The largest absolute Gasteiger partial charge is 0.485 e. The Kier molecular flexibility index (Phi) is 6.23. The minimum Gasteiger partial charge on any atom is -0.485 e. The van der Waals surface area contributed by atoms with E-state index in [1.807, 2.05) is 29.2 Å². The quantitative estimate of drug-likeness (QED) is 0.831. The summed E-state index contributed by atoms with van der Waals surface area (Å²) in [5, 5.41) is 3.21. The van der Waals surface area contributed by atoms with Crippen molar-refractivity contribution in [2.45, 2.75) is 44.8 Å². The Hall–Kier alpha value is -2.28. The van der Waals surface area contributed by atoms with Crippen molar-refractivity contribution in [3.63, 3.8) is 0 Å². The lowest BCUT2D eigenvalue weighted by Gasteiger charge is -2.37. The van der Waals surface area contributed by atoms with Crippen molar-refractivity contribution in [3.05, 3.63) is 24.3 Å². The summed E-state index contributed by atoms with van der Waals surface area (Å²) < 4.78 is 11.5. The van der Waals surface area contributed by atoms with Crippen LogP contribution in [0, 0.1) is 5.92 Å². The van der Waals surface area contributed by atoms with E-state index in [1.165, 1.54) is 19.3 Å². The monoisotopic (exact) mass is 401 g/mol. The third-order valence-electron chi connectivity index (χ3n) is 6.29. The van der Waals surface area contributed by atoms with E-state index < -0.39 is 6.10 Å². The summed E-state index contributed by atoms with van der Waals surface area (Å²) in [5.74, 6) is 1.91. The predicted molar refractivity (Wildman–Crippen MR) is 109 cm³/mol. The Morgan fingerprint density at radius 1 is 1.07 bits per heavy atom. The number of carbonyl (C=O) groups is 2. The molecule has 1 aliphatic carbocycles. The minimum atomic E-state index is -0.604. The summed E-state index contributed by atoms with van der Waals surface area (Å²) in [7, 11) is 0. The fourth-order valence-electron chi connectivity index (χ4n) is 4.46. The Balaban J connectivity index is 1.22. The number of hydrogen-bond acceptors (Lipinski definition) is 5. The topological polar surface area (TPSA) is 71.1 Å². The fraction of sp³-hybridized carbons (Fsp3) is 0.636. The summed E-state index contributed by atoms with van der Waals surface area (Å²) in [6.07, 6.45) is 4.15. The molecule has 7 heteroatoms. The number of nitrogens with zero attached hydrogens (tertiary/aromatic N) is 2. The molecule has 2 amide bonds. The van der Waals surface area contributed by atoms with Crippen molar-refractivity contribution in [1.82, 2.24) is 15.1 Å². The molecular weight excluding hydrogens is 370 g/mol. The number of carbonyl (C=O) groups excluding carboxylic acids is 2. The molecule has 0 radical (unpaired) electrons. The molecule has 2 fully saturated rings. The maximum atomic E-state index is 12.8. The second kappa shape index (κ2) is 9.03. The molecule has 4 rings (SSSR count). The molecule has 3 aliphatic rings. The number of fused-ring (bicyclic) bond motifs is 1. The molecule has 1 aromatic carbocycles. The number of benzene rings is 1. The first-order valence-electron chi connectivity index (χ1n) is 10.8. The van der Waals surface area contributed by atoms with Crippen LogP contribution >= 0.6 is 0 Å². The lowest BCUT2D eigenvalue weighted by atomic mass is 9.86. The number of hydrogen-bond donors (Lipinski definition) is 1. The van der Waals surface area contributed by atoms with Crippen molar-refractivity contribution in [2.75, 3.05) is 39.3 Å². The smallest absolute Gasteiger partial charge is 0.267 e. The first-order valence-corrected chi connectivity index (χ1v) is 10.8. The van der Waals surface area contributed by atoms with Gasteiger partial charge in [-0.15, -0.1) is 0 Å². The van der Waals surface area contributed by atoms with E-state index in [-0.39, 0.29) is 18.4 Å². The molecular formula is C22H31N3O4. The average molecular weight is 402 g/mol. The van der Waals surface area contributed by atoms with Gasteiger partial charge in [0.2, 0.25) is 12.0 Å². The van der Waals surface area contributed by atoms with Gasteiger partial charge in [0, 0.05) is 32.2 Å². The number of ether oxygens (including phenoxy) is 2. The summed E-state index contributed by atoms with van der Waals surface area (Å²) in [5.41, 5.74) is 0. The SMILES string of the molecule is C[C@H]1CCCC[C@H]1NC(=O)CN1CCN(C(=O)[C@@H]2COc3ccccc3O2)CC1. The molecule has 0 unspecified atom stereocenters. The van der Waals surface area contributed by atoms with Gasteiger partial charge in [0.05, 0.1) is 6.54 Å². The molecule has 0 aromatic heterocycles. The van der Waals surface area contributed by atoms with Gasteiger partial charge in [0.15, 0.2) is 11.5 Å². The fourth-order valence-corrected chi connectivity index (χ4v) is 4.46. The van der Waals surface area contributed by atoms with Gasteiger partial charge in [-0.2, -0.15) is 0 Å². The molecule has 1 saturated heterocycles. The first-order chi connectivity index (χ1) is 14.1. The highest BCUT2D eigenvalue weighted by atomic mass is 16.6. The van der Waals surface area contributed by atoms with Gasteiger partial charge < -0.3 is 19.7 Å². The molecule has 1 aromatic rings. The van der Waals surface area contributed by atoms with E-state index >= 15 is 0 Å².